The predicted molar refractivity (Wildman–Crippen MR) is 127 cm³/mol. The van der Waals surface area contributed by atoms with Gasteiger partial charge in [-0.1, -0.05) is 42.5 Å². The summed E-state index contributed by atoms with van der Waals surface area (Å²) in [4.78, 5) is 52.8. The number of piperazine rings is 1. The van der Waals surface area contributed by atoms with Crippen molar-refractivity contribution in [1.29, 1.82) is 0 Å². The summed E-state index contributed by atoms with van der Waals surface area (Å²) in [5.41, 5.74) is 2.59. The van der Waals surface area contributed by atoms with Crippen LogP contribution in [-0.2, 0) is 4.79 Å². The van der Waals surface area contributed by atoms with Crippen LogP contribution in [0.2, 0.25) is 0 Å². The first kappa shape index (κ1) is 21.8. The lowest BCUT2D eigenvalue weighted by Gasteiger charge is -2.37. The fourth-order valence-corrected chi connectivity index (χ4v) is 4.56. The fourth-order valence-electron chi connectivity index (χ4n) is 4.56. The van der Waals surface area contributed by atoms with Gasteiger partial charge in [-0.15, -0.1) is 0 Å². The summed E-state index contributed by atoms with van der Waals surface area (Å²) in [5, 5.41) is 0. The van der Waals surface area contributed by atoms with Gasteiger partial charge in [0, 0.05) is 37.8 Å². The Morgan fingerprint density at radius 2 is 1.44 bits per heavy atom. The largest absolute Gasteiger partial charge is 0.353 e. The highest BCUT2D eigenvalue weighted by Gasteiger charge is 2.42. The summed E-state index contributed by atoms with van der Waals surface area (Å²) in [6.07, 6.45) is 0. The van der Waals surface area contributed by atoms with E-state index in [1.807, 2.05) is 43.3 Å². The molecule has 0 radical (unpaired) electrons. The molecule has 34 heavy (non-hydrogen) atoms. The molecule has 0 bridgehead atoms. The molecular formula is C26H25N5O3. The number of aryl methyl sites for hydroxylation is 1. The molecule has 1 atom stereocenters. The maximum absolute atomic E-state index is 13.2. The molecule has 0 saturated carbocycles. The predicted octanol–water partition coefficient (Wildman–Crippen LogP) is 2.79. The molecule has 5 rings (SSSR count). The van der Waals surface area contributed by atoms with Gasteiger partial charge in [0.25, 0.3) is 11.8 Å². The number of nitrogens with zero attached hydrogens (tertiary/aromatic N) is 5. The molecule has 8 heteroatoms. The number of amides is 3. The Hall–Kier alpha value is -4.07. The second kappa shape index (κ2) is 8.70. The molecule has 2 aromatic carbocycles. The topological polar surface area (TPSA) is 86.7 Å². The summed E-state index contributed by atoms with van der Waals surface area (Å²) >= 11 is 0. The number of carbonyl (C=O) groups is 3. The van der Waals surface area contributed by atoms with Gasteiger partial charge in [0.1, 0.15) is 17.7 Å². The van der Waals surface area contributed by atoms with Gasteiger partial charge in [-0.2, -0.15) is 0 Å². The van der Waals surface area contributed by atoms with E-state index in [2.05, 4.69) is 14.9 Å². The van der Waals surface area contributed by atoms with Gasteiger partial charge < -0.3 is 9.80 Å². The van der Waals surface area contributed by atoms with E-state index in [1.54, 1.807) is 36.1 Å². The Kier molecular flexibility index (Phi) is 5.57. The Labute approximate surface area is 197 Å². The lowest BCUT2D eigenvalue weighted by Crippen LogP contribution is -2.55. The number of anilines is 1. The highest BCUT2D eigenvalue weighted by Crippen LogP contribution is 2.26. The molecule has 2 aliphatic heterocycles. The van der Waals surface area contributed by atoms with E-state index in [9.17, 15) is 14.4 Å². The third-order valence-corrected chi connectivity index (χ3v) is 6.38. The molecule has 0 N–H and O–H groups in total. The van der Waals surface area contributed by atoms with Gasteiger partial charge in [0.15, 0.2) is 0 Å². The maximum Gasteiger partial charge on any atom is 0.262 e. The van der Waals surface area contributed by atoms with Gasteiger partial charge >= 0.3 is 0 Å². The van der Waals surface area contributed by atoms with Crippen LogP contribution in [0.25, 0.3) is 11.3 Å². The lowest BCUT2D eigenvalue weighted by atomic mass is 10.1. The van der Waals surface area contributed by atoms with Crippen LogP contribution >= 0.6 is 0 Å². The zero-order valence-corrected chi connectivity index (χ0v) is 19.1. The molecule has 0 aliphatic carbocycles. The quantitative estimate of drug-likeness (QED) is 0.563. The number of carbonyl (C=O) groups excluding carboxylic acids is 3. The molecule has 3 amide bonds. The number of fused-ring (bicyclic) bond motifs is 1. The van der Waals surface area contributed by atoms with Crippen LogP contribution in [0.4, 0.5) is 5.82 Å². The van der Waals surface area contributed by atoms with Gasteiger partial charge in [-0.25, -0.2) is 9.97 Å². The van der Waals surface area contributed by atoms with E-state index in [0.29, 0.717) is 43.1 Å². The molecule has 1 unspecified atom stereocenters. The van der Waals surface area contributed by atoms with E-state index < -0.39 is 17.9 Å². The first-order valence-electron chi connectivity index (χ1n) is 11.4. The molecular weight excluding hydrogens is 430 g/mol. The molecule has 1 aromatic heterocycles. The third kappa shape index (κ3) is 3.81. The van der Waals surface area contributed by atoms with E-state index in [-0.39, 0.29) is 5.91 Å². The van der Waals surface area contributed by atoms with Gasteiger partial charge in [0.2, 0.25) is 5.91 Å². The molecule has 3 heterocycles. The Balaban J connectivity index is 1.27. The van der Waals surface area contributed by atoms with Crippen molar-refractivity contribution in [2.24, 2.45) is 0 Å². The van der Waals surface area contributed by atoms with E-state index >= 15 is 0 Å². The summed E-state index contributed by atoms with van der Waals surface area (Å²) in [7, 11) is 0. The van der Waals surface area contributed by atoms with Crippen LogP contribution in [0.5, 0.6) is 0 Å². The minimum atomic E-state index is -0.857. The van der Waals surface area contributed by atoms with E-state index in [4.69, 9.17) is 0 Å². The number of rotatable bonds is 4. The average molecular weight is 456 g/mol. The van der Waals surface area contributed by atoms with Crippen molar-refractivity contribution in [3.8, 4) is 11.3 Å². The minimum Gasteiger partial charge on any atom is -0.353 e. The van der Waals surface area contributed by atoms with Crippen molar-refractivity contribution in [3.05, 3.63) is 77.6 Å². The molecule has 172 valence electrons. The lowest BCUT2D eigenvalue weighted by molar-refractivity contribution is -0.135. The van der Waals surface area contributed by atoms with Crippen molar-refractivity contribution in [3.63, 3.8) is 0 Å². The third-order valence-electron chi connectivity index (χ3n) is 6.38. The van der Waals surface area contributed by atoms with E-state index in [1.165, 1.54) is 0 Å². The van der Waals surface area contributed by atoms with E-state index in [0.717, 1.165) is 22.0 Å². The monoisotopic (exact) mass is 455 g/mol. The SMILES string of the molecule is Cc1nc(-c2ccccc2)cc(N2CCN(C(=O)C(C)N3C(=O)c4ccccc4C3=O)CC2)n1. The smallest absolute Gasteiger partial charge is 0.262 e. The van der Waals surface area contributed by atoms with Crippen LogP contribution in [0.15, 0.2) is 60.7 Å². The first-order chi connectivity index (χ1) is 16.4. The number of hydrogen-bond donors (Lipinski definition) is 0. The standard InChI is InChI=1S/C26H25N5O3/c1-17(31-25(33)20-10-6-7-11-21(20)26(31)34)24(32)30-14-12-29(13-15-30)23-16-22(27-18(2)28-23)19-8-4-3-5-9-19/h3-11,16-17H,12-15H2,1-2H3. The summed E-state index contributed by atoms with van der Waals surface area (Å²) in [6.45, 7) is 5.67. The average Bonchev–Trinajstić information content (AvgIpc) is 3.13. The fraction of sp³-hybridized carbons (Fsp3) is 0.269. The number of hydrogen-bond acceptors (Lipinski definition) is 6. The highest BCUT2D eigenvalue weighted by atomic mass is 16.2. The number of benzene rings is 2. The first-order valence-corrected chi connectivity index (χ1v) is 11.4. The Morgan fingerprint density at radius 1 is 0.853 bits per heavy atom. The zero-order chi connectivity index (χ0) is 23.8. The van der Waals surface area contributed by atoms with Crippen LogP contribution in [0, 0.1) is 6.92 Å². The maximum atomic E-state index is 13.2. The van der Waals surface area contributed by atoms with Crippen molar-refractivity contribution < 1.29 is 14.4 Å². The molecule has 3 aromatic rings. The Morgan fingerprint density at radius 3 is 2.06 bits per heavy atom. The van der Waals surface area contributed by atoms with Crippen molar-refractivity contribution in [2.45, 2.75) is 19.9 Å². The molecule has 1 saturated heterocycles. The van der Waals surface area contributed by atoms with Crippen molar-refractivity contribution in [2.75, 3.05) is 31.1 Å². The summed E-state index contributed by atoms with van der Waals surface area (Å²) in [6, 6.07) is 17.8. The number of aromatic nitrogens is 2. The molecule has 8 nitrogen and oxygen atoms in total. The van der Waals surface area contributed by atoms with Crippen LogP contribution in [0.1, 0.15) is 33.5 Å². The summed E-state index contributed by atoms with van der Waals surface area (Å²) in [5.74, 6) is 0.467. The second-order valence-electron chi connectivity index (χ2n) is 8.54. The normalized spacial score (nSPS) is 16.6. The molecule has 0 spiro atoms. The minimum absolute atomic E-state index is 0.224. The van der Waals surface area contributed by atoms with Gasteiger partial charge in [-0.05, 0) is 26.0 Å². The van der Waals surface area contributed by atoms with Crippen molar-refractivity contribution >= 4 is 23.5 Å². The molecule has 1 fully saturated rings. The van der Waals surface area contributed by atoms with Crippen molar-refractivity contribution in [1.82, 2.24) is 19.8 Å². The van der Waals surface area contributed by atoms with Crippen LogP contribution in [-0.4, -0.2) is 69.7 Å². The molecule has 2 aliphatic rings. The number of imide groups is 1. The van der Waals surface area contributed by atoms with Crippen LogP contribution in [0.3, 0.4) is 0 Å². The van der Waals surface area contributed by atoms with Gasteiger partial charge in [0.05, 0.1) is 16.8 Å². The van der Waals surface area contributed by atoms with Gasteiger partial charge in [-0.3, -0.25) is 19.3 Å². The summed E-state index contributed by atoms with van der Waals surface area (Å²) < 4.78 is 0. The highest BCUT2D eigenvalue weighted by molar-refractivity contribution is 6.22. The van der Waals surface area contributed by atoms with Crippen LogP contribution < -0.4 is 4.90 Å². The zero-order valence-electron chi connectivity index (χ0n) is 19.1. The second-order valence-corrected chi connectivity index (χ2v) is 8.54. The Bertz CT molecular complexity index is 1230.